The second-order valence-corrected chi connectivity index (χ2v) is 11.5. The van der Waals surface area contributed by atoms with Gasteiger partial charge in [-0.25, -0.2) is 4.98 Å². The number of aromatic nitrogens is 2. The van der Waals surface area contributed by atoms with Crippen LogP contribution in [0.4, 0.5) is 0 Å². The highest BCUT2D eigenvalue weighted by molar-refractivity contribution is 7.80. The zero-order chi connectivity index (χ0) is 15.5. The van der Waals surface area contributed by atoms with Gasteiger partial charge in [0.1, 0.15) is 0 Å². The molecule has 0 saturated heterocycles. The van der Waals surface area contributed by atoms with Gasteiger partial charge < -0.3 is 4.57 Å². The lowest BCUT2D eigenvalue weighted by molar-refractivity contribution is 0.557. The molecule has 1 aromatic heterocycles. The van der Waals surface area contributed by atoms with Gasteiger partial charge in [-0.15, -0.1) is 0 Å². The minimum atomic E-state index is -1.85. The highest BCUT2D eigenvalue weighted by atomic mass is 32.1. The fourth-order valence-electron chi connectivity index (χ4n) is 0.767. The van der Waals surface area contributed by atoms with Crippen LogP contribution in [-0.4, -0.2) is 33.0 Å². The molecule has 0 aliphatic rings. The molecule has 0 N–H and O–H groups in total. The minimum Gasteiger partial charge on any atom is -0.324 e. The van der Waals surface area contributed by atoms with E-state index in [-0.39, 0.29) is 10.6 Å². The molecule has 0 fully saturated rings. The monoisotopic (exact) mass is 302 g/mol. The van der Waals surface area contributed by atoms with E-state index in [0.29, 0.717) is 0 Å². The first-order valence-electron chi connectivity index (χ1n) is 6.34. The SMILES string of the molecule is CC(C)(C)C(=S)n1ccnc1.CC(C)(C)P(C)(C)=O. The molecule has 0 amide bonds. The van der Waals surface area contributed by atoms with E-state index in [1.54, 1.807) is 12.5 Å². The summed E-state index contributed by atoms with van der Waals surface area (Å²) >= 11 is 5.23. The van der Waals surface area contributed by atoms with Gasteiger partial charge in [-0.1, -0.05) is 53.8 Å². The summed E-state index contributed by atoms with van der Waals surface area (Å²) in [7, 11) is -1.85. The second kappa shape index (κ2) is 6.32. The average molecular weight is 302 g/mol. The van der Waals surface area contributed by atoms with E-state index in [1.807, 2.05) is 44.9 Å². The molecule has 0 saturated carbocycles. The summed E-state index contributed by atoms with van der Waals surface area (Å²) in [6.45, 7) is 16.0. The third-order valence-corrected chi connectivity index (χ3v) is 7.05. The van der Waals surface area contributed by atoms with E-state index in [1.165, 1.54) is 0 Å². The number of thiocarbonyl (C=S) groups is 1. The summed E-state index contributed by atoms with van der Waals surface area (Å²) in [5, 5.41) is -0.00694. The van der Waals surface area contributed by atoms with Crippen LogP contribution in [0.1, 0.15) is 41.5 Å². The molecule has 0 atom stereocenters. The fraction of sp³-hybridized carbons (Fsp3) is 0.714. The Labute approximate surface area is 123 Å². The third-order valence-electron chi connectivity index (χ3n) is 3.00. The van der Waals surface area contributed by atoms with Gasteiger partial charge >= 0.3 is 0 Å². The molecule has 0 spiro atoms. The molecule has 110 valence electrons. The number of rotatable bonds is 0. The molecule has 0 aromatic carbocycles. The largest absolute Gasteiger partial charge is 0.324 e. The average Bonchev–Trinajstić information content (AvgIpc) is 2.65. The van der Waals surface area contributed by atoms with Gasteiger partial charge in [-0.3, -0.25) is 4.57 Å². The van der Waals surface area contributed by atoms with Gasteiger partial charge in [0, 0.05) is 23.0 Å². The molecule has 1 rings (SSSR count). The zero-order valence-electron chi connectivity index (χ0n) is 13.4. The molecule has 0 aliphatic heterocycles. The van der Waals surface area contributed by atoms with Crippen molar-refractivity contribution in [1.82, 2.24) is 9.55 Å². The Bertz CT molecular complexity index is 447. The van der Waals surface area contributed by atoms with E-state index in [0.717, 1.165) is 4.99 Å². The first-order chi connectivity index (χ1) is 8.27. The van der Waals surface area contributed by atoms with Crippen LogP contribution >= 0.6 is 19.4 Å². The highest BCUT2D eigenvalue weighted by Crippen LogP contribution is 2.50. The summed E-state index contributed by atoms with van der Waals surface area (Å²) in [4.78, 5) is 4.83. The lowest BCUT2D eigenvalue weighted by Gasteiger charge is -2.23. The van der Waals surface area contributed by atoms with Crippen molar-refractivity contribution < 1.29 is 4.57 Å². The molecular weight excluding hydrogens is 275 g/mol. The van der Waals surface area contributed by atoms with Crippen LogP contribution < -0.4 is 0 Å². The predicted octanol–water partition coefficient (Wildman–Crippen LogP) is 4.51. The molecule has 1 heterocycles. The Hall–Kier alpha value is -0.470. The van der Waals surface area contributed by atoms with E-state index < -0.39 is 7.14 Å². The van der Waals surface area contributed by atoms with Crippen LogP contribution in [0.5, 0.6) is 0 Å². The maximum Gasteiger partial charge on any atom is 0.0995 e. The Morgan fingerprint density at radius 1 is 1.16 bits per heavy atom. The van der Waals surface area contributed by atoms with Crippen LogP contribution in [0, 0.1) is 5.41 Å². The van der Waals surface area contributed by atoms with Crippen LogP contribution in [-0.2, 0) is 4.57 Å². The molecule has 0 aliphatic carbocycles. The van der Waals surface area contributed by atoms with Gasteiger partial charge in [-0.05, 0) is 13.3 Å². The molecule has 5 heteroatoms. The Kier molecular flexibility index (Phi) is 6.16. The van der Waals surface area contributed by atoms with Gasteiger partial charge in [-0.2, -0.15) is 0 Å². The van der Waals surface area contributed by atoms with Crippen molar-refractivity contribution in [3.8, 4) is 0 Å². The van der Waals surface area contributed by atoms with Crippen molar-refractivity contribution in [3.05, 3.63) is 18.7 Å². The summed E-state index contributed by atoms with van der Waals surface area (Å²) in [6, 6.07) is 0. The molecule has 3 nitrogen and oxygen atoms in total. The van der Waals surface area contributed by atoms with Gasteiger partial charge in [0.15, 0.2) is 0 Å². The fourth-order valence-corrected chi connectivity index (χ4v) is 0.875. The van der Waals surface area contributed by atoms with E-state index >= 15 is 0 Å². The van der Waals surface area contributed by atoms with Crippen molar-refractivity contribution >= 4 is 24.3 Å². The number of nitrogens with zero attached hydrogens (tertiary/aromatic N) is 2. The maximum atomic E-state index is 11.2. The van der Waals surface area contributed by atoms with Crippen LogP contribution in [0.2, 0.25) is 0 Å². The summed E-state index contributed by atoms with van der Waals surface area (Å²) in [5.74, 6) is 0. The molecule has 0 unspecified atom stereocenters. The summed E-state index contributed by atoms with van der Waals surface area (Å²) < 4.78 is 13.1. The third kappa shape index (κ3) is 6.49. The number of hydrogen-bond donors (Lipinski definition) is 0. The smallest absolute Gasteiger partial charge is 0.0995 e. The van der Waals surface area contributed by atoms with Gasteiger partial charge in [0.25, 0.3) is 0 Å². The summed E-state index contributed by atoms with van der Waals surface area (Å²) in [5.41, 5.74) is 0.0377. The first-order valence-corrected chi connectivity index (χ1v) is 9.35. The number of imidazole rings is 1. The molecule has 0 radical (unpaired) electrons. The quantitative estimate of drug-likeness (QED) is 0.522. The minimum absolute atomic E-state index is 0.00694. The topological polar surface area (TPSA) is 34.9 Å². The first kappa shape index (κ1) is 18.5. The predicted molar refractivity (Wildman–Crippen MR) is 88.9 cm³/mol. The highest BCUT2D eigenvalue weighted by Gasteiger charge is 2.25. The lowest BCUT2D eigenvalue weighted by Crippen LogP contribution is -2.24. The van der Waals surface area contributed by atoms with E-state index in [2.05, 4.69) is 25.8 Å². The van der Waals surface area contributed by atoms with E-state index in [9.17, 15) is 4.57 Å². The normalized spacial score (nSPS) is 12.6. The van der Waals surface area contributed by atoms with Crippen molar-refractivity contribution in [1.29, 1.82) is 0 Å². The summed E-state index contributed by atoms with van der Waals surface area (Å²) in [6.07, 6.45) is 5.33. The molecule has 0 bridgehead atoms. The van der Waals surface area contributed by atoms with Crippen molar-refractivity contribution in [2.75, 3.05) is 13.3 Å². The van der Waals surface area contributed by atoms with Crippen LogP contribution in [0.15, 0.2) is 18.7 Å². The standard InChI is InChI=1S/C8H12N2S.C6H15OP/c1-8(2,3)7(11)10-5-4-9-6-10;1-6(2,3)8(4,5)7/h4-6H,1-3H3;1-5H3. The van der Waals surface area contributed by atoms with Crippen molar-refractivity contribution in [2.24, 2.45) is 5.41 Å². The zero-order valence-corrected chi connectivity index (χ0v) is 15.1. The molecule has 1 aromatic rings. The van der Waals surface area contributed by atoms with Gasteiger partial charge in [0.05, 0.1) is 18.5 Å². The lowest BCUT2D eigenvalue weighted by atomic mass is 9.97. The second-order valence-electron chi connectivity index (χ2n) is 7.05. The maximum absolute atomic E-state index is 11.2. The van der Waals surface area contributed by atoms with Crippen LogP contribution in [0.25, 0.3) is 0 Å². The molecular formula is C14H27N2OPS. The van der Waals surface area contributed by atoms with Crippen LogP contribution in [0.3, 0.4) is 0 Å². The van der Waals surface area contributed by atoms with E-state index in [4.69, 9.17) is 12.2 Å². The van der Waals surface area contributed by atoms with Crippen molar-refractivity contribution in [2.45, 2.75) is 46.7 Å². The Morgan fingerprint density at radius 3 is 1.79 bits per heavy atom. The Morgan fingerprint density at radius 2 is 1.58 bits per heavy atom. The van der Waals surface area contributed by atoms with Gasteiger partial charge in [0.2, 0.25) is 0 Å². The van der Waals surface area contributed by atoms with Crippen molar-refractivity contribution in [3.63, 3.8) is 0 Å². The Balaban J connectivity index is 0.000000362. The molecule has 19 heavy (non-hydrogen) atoms. The number of hydrogen-bond acceptors (Lipinski definition) is 3.